The molecule has 1 atom stereocenters. The highest BCUT2D eigenvalue weighted by molar-refractivity contribution is 5.75. The number of carbonyl (C=O) groups is 2. The molecule has 1 N–H and O–H groups in total. The van der Waals surface area contributed by atoms with Crippen LogP contribution in [0.15, 0.2) is 0 Å². The highest BCUT2D eigenvalue weighted by Gasteiger charge is 2.53. The van der Waals surface area contributed by atoms with Crippen LogP contribution in [0.3, 0.4) is 0 Å². The normalized spacial score (nSPS) is 26.7. The molecule has 0 aromatic rings. The molecule has 1 heterocycles. The molecule has 1 aliphatic carbocycles. The Hall–Kier alpha value is -1.40. The Morgan fingerprint density at radius 1 is 1.17 bits per heavy atom. The average Bonchev–Trinajstić information content (AvgIpc) is 2.45. The fourth-order valence-corrected chi connectivity index (χ4v) is 3.78. The lowest BCUT2D eigenvalue weighted by atomic mass is 9.63. The van der Waals surface area contributed by atoms with Crippen molar-refractivity contribution in [2.75, 3.05) is 13.1 Å². The standard InChI is InChI=1S/C17H27F2NO4/c1-15(2,3)24-14(23)20-10-4-5-12(11-20)16(13(21)22)6-8-17(18,19)9-7-16/h12H,4-11H2,1-3H3,(H,21,22). The Morgan fingerprint density at radius 2 is 1.75 bits per heavy atom. The van der Waals surface area contributed by atoms with Gasteiger partial charge in [0.05, 0.1) is 5.41 Å². The van der Waals surface area contributed by atoms with Crippen molar-refractivity contribution < 1.29 is 28.2 Å². The predicted octanol–water partition coefficient (Wildman–Crippen LogP) is 3.91. The molecule has 24 heavy (non-hydrogen) atoms. The van der Waals surface area contributed by atoms with Crippen molar-refractivity contribution in [1.82, 2.24) is 4.90 Å². The van der Waals surface area contributed by atoms with E-state index in [1.54, 1.807) is 20.8 Å². The number of hydrogen-bond acceptors (Lipinski definition) is 3. The maximum Gasteiger partial charge on any atom is 0.410 e. The molecule has 1 unspecified atom stereocenters. The molecule has 1 aliphatic heterocycles. The molecule has 138 valence electrons. The molecule has 0 aromatic carbocycles. The Balaban J connectivity index is 2.11. The number of halogens is 2. The second-order valence-electron chi connectivity index (χ2n) is 8.08. The molecule has 0 aromatic heterocycles. The van der Waals surface area contributed by atoms with Gasteiger partial charge in [0.15, 0.2) is 0 Å². The van der Waals surface area contributed by atoms with Gasteiger partial charge < -0.3 is 14.7 Å². The number of likely N-dealkylation sites (tertiary alicyclic amines) is 1. The summed E-state index contributed by atoms with van der Waals surface area (Å²) in [5, 5.41) is 9.74. The molecule has 0 bridgehead atoms. The number of aliphatic carboxylic acids is 1. The highest BCUT2D eigenvalue weighted by Crippen LogP contribution is 2.50. The van der Waals surface area contributed by atoms with Gasteiger partial charge >= 0.3 is 12.1 Å². The van der Waals surface area contributed by atoms with Gasteiger partial charge in [-0.25, -0.2) is 13.6 Å². The minimum atomic E-state index is -2.78. The number of carboxylic acid groups (broad SMARTS) is 1. The second-order valence-corrected chi connectivity index (χ2v) is 8.08. The van der Waals surface area contributed by atoms with Crippen LogP contribution >= 0.6 is 0 Å². The van der Waals surface area contributed by atoms with E-state index in [2.05, 4.69) is 0 Å². The summed E-state index contributed by atoms with van der Waals surface area (Å²) in [6, 6.07) is 0. The third-order valence-electron chi connectivity index (χ3n) is 5.15. The van der Waals surface area contributed by atoms with Crippen LogP contribution in [0.1, 0.15) is 59.3 Å². The average molecular weight is 347 g/mol. The van der Waals surface area contributed by atoms with Gasteiger partial charge in [-0.2, -0.15) is 0 Å². The molecule has 2 aliphatic rings. The number of ether oxygens (including phenoxy) is 1. The zero-order chi connectivity index (χ0) is 18.2. The maximum absolute atomic E-state index is 13.5. The van der Waals surface area contributed by atoms with Crippen LogP contribution in [0.2, 0.25) is 0 Å². The topological polar surface area (TPSA) is 66.8 Å². The summed E-state index contributed by atoms with van der Waals surface area (Å²) >= 11 is 0. The first-order valence-corrected chi connectivity index (χ1v) is 8.54. The molecule has 0 spiro atoms. The van der Waals surface area contributed by atoms with E-state index in [0.717, 1.165) is 0 Å². The molecule has 1 amide bonds. The quantitative estimate of drug-likeness (QED) is 0.822. The second kappa shape index (κ2) is 6.48. The van der Waals surface area contributed by atoms with Crippen LogP contribution in [-0.2, 0) is 9.53 Å². The predicted molar refractivity (Wildman–Crippen MR) is 84.0 cm³/mol. The Bertz CT molecular complexity index is 491. The minimum Gasteiger partial charge on any atom is -0.481 e. The van der Waals surface area contributed by atoms with Gasteiger partial charge in [0.1, 0.15) is 5.60 Å². The molecule has 1 saturated carbocycles. The number of alkyl halides is 2. The van der Waals surface area contributed by atoms with E-state index in [1.807, 2.05) is 0 Å². The van der Waals surface area contributed by atoms with Crippen LogP contribution in [0.25, 0.3) is 0 Å². The molecule has 2 rings (SSSR count). The van der Waals surface area contributed by atoms with E-state index in [-0.39, 0.29) is 25.3 Å². The maximum atomic E-state index is 13.5. The zero-order valence-corrected chi connectivity index (χ0v) is 14.6. The summed E-state index contributed by atoms with van der Waals surface area (Å²) in [5.41, 5.74) is -1.79. The third kappa shape index (κ3) is 4.16. The Morgan fingerprint density at radius 3 is 2.25 bits per heavy atom. The van der Waals surface area contributed by atoms with Gasteiger partial charge in [-0.3, -0.25) is 4.79 Å². The molecule has 2 fully saturated rings. The van der Waals surface area contributed by atoms with Gasteiger partial charge in [0, 0.05) is 25.9 Å². The van der Waals surface area contributed by atoms with E-state index < -0.39 is 41.8 Å². The summed E-state index contributed by atoms with van der Waals surface area (Å²) in [5.74, 6) is -4.11. The number of carboxylic acids is 1. The molecule has 0 radical (unpaired) electrons. The lowest BCUT2D eigenvalue weighted by Crippen LogP contribution is -2.52. The Labute approximate surface area is 141 Å². The van der Waals surface area contributed by atoms with Crippen LogP contribution in [0.4, 0.5) is 13.6 Å². The summed E-state index contributed by atoms with van der Waals surface area (Å²) in [7, 11) is 0. The fourth-order valence-electron chi connectivity index (χ4n) is 3.78. The number of hydrogen-bond donors (Lipinski definition) is 1. The molecular formula is C17H27F2NO4. The van der Waals surface area contributed by atoms with Crippen LogP contribution < -0.4 is 0 Å². The van der Waals surface area contributed by atoms with E-state index in [1.165, 1.54) is 4.90 Å². The van der Waals surface area contributed by atoms with Crippen molar-refractivity contribution in [3.8, 4) is 0 Å². The lowest BCUT2D eigenvalue weighted by Gasteiger charge is -2.46. The fraction of sp³-hybridized carbons (Fsp3) is 0.882. The van der Waals surface area contributed by atoms with Gasteiger partial charge in [0.2, 0.25) is 5.92 Å². The molecule has 1 saturated heterocycles. The van der Waals surface area contributed by atoms with Crippen molar-refractivity contribution in [3.63, 3.8) is 0 Å². The smallest absolute Gasteiger partial charge is 0.410 e. The van der Waals surface area contributed by atoms with Crippen molar-refractivity contribution in [2.45, 2.75) is 70.8 Å². The summed E-state index contributed by atoms with van der Waals surface area (Å²) in [4.78, 5) is 25.7. The van der Waals surface area contributed by atoms with E-state index in [9.17, 15) is 23.5 Å². The highest BCUT2D eigenvalue weighted by atomic mass is 19.3. The van der Waals surface area contributed by atoms with Gasteiger partial charge in [-0.05, 0) is 52.4 Å². The van der Waals surface area contributed by atoms with E-state index in [4.69, 9.17) is 4.74 Å². The molecule has 5 nitrogen and oxygen atoms in total. The lowest BCUT2D eigenvalue weighted by molar-refractivity contribution is -0.165. The van der Waals surface area contributed by atoms with Crippen LogP contribution in [0.5, 0.6) is 0 Å². The summed E-state index contributed by atoms with van der Waals surface area (Å²) in [6.07, 6.45) is -0.0461. The first-order chi connectivity index (χ1) is 11.0. The summed E-state index contributed by atoms with van der Waals surface area (Å²) in [6.45, 7) is 6.08. The number of amides is 1. The van der Waals surface area contributed by atoms with E-state index in [0.29, 0.717) is 19.4 Å². The molecular weight excluding hydrogens is 320 g/mol. The van der Waals surface area contributed by atoms with Crippen molar-refractivity contribution >= 4 is 12.1 Å². The monoisotopic (exact) mass is 347 g/mol. The number of nitrogens with zero attached hydrogens (tertiary/aromatic N) is 1. The van der Waals surface area contributed by atoms with Gasteiger partial charge in [0.25, 0.3) is 0 Å². The Kier molecular flexibility index (Phi) is 5.11. The van der Waals surface area contributed by atoms with Crippen molar-refractivity contribution in [3.05, 3.63) is 0 Å². The zero-order valence-electron chi connectivity index (χ0n) is 14.6. The van der Waals surface area contributed by atoms with Crippen LogP contribution in [0, 0.1) is 11.3 Å². The van der Waals surface area contributed by atoms with Crippen molar-refractivity contribution in [2.24, 2.45) is 11.3 Å². The number of piperidine rings is 1. The summed E-state index contributed by atoms with van der Waals surface area (Å²) < 4.78 is 32.3. The largest absolute Gasteiger partial charge is 0.481 e. The third-order valence-corrected chi connectivity index (χ3v) is 5.15. The minimum absolute atomic E-state index is 0.0395. The molecule has 7 heteroatoms. The number of carbonyl (C=O) groups excluding carboxylic acids is 1. The first kappa shape index (κ1) is 18.9. The van der Waals surface area contributed by atoms with Gasteiger partial charge in [-0.15, -0.1) is 0 Å². The van der Waals surface area contributed by atoms with Crippen molar-refractivity contribution in [1.29, 1.82) is 0 Å². The van der Waals surface area contributed by atoms with Gasteiger partial charge in [-0.1, -0.05) is 0 Å². The first-order valence-electron chi connectivity index (χ1n) is 8.54. The van der Waals surface area contributed by atoms with E-state index >= 15 is 0 Å². The number of rotatable bonds is 2. The van der Waals surface area contributed by atoms with Crippen LogP contribution in [-0.4, -0.2) is 46.7 Å². The SMILES string of the molecule is CC(C)(C)OC(=O)N1CCCC(C2(C(=O)O)CCC(F)(F)CC2)C1.